The lowest BCUT2D eigenvalue weighted by Crippen LogP contribution is -2.00. The lowest BCUT2D eigenvalue weighted by molar-refractivity contribution is -0.110. The number of ketones is 1. The Morgan fingerprint density at radius 1 is 0.935 bits per heavy atom. The minimum absolute atomic E-state index is 0.0630. The van der Waals surface area contributed by atoms with Gasteiger partial charge in [-0.15, -0.1) is 0 Å². The topological polar surface area (TPSA) is 87.7 Å². The highest BCUT2D eigenvalue weighted by atomic mass is 16.3. The molecule has 3 aromatic carbocycles. The SMILES string of the molecule is Cc1ccccc1Nc1cc(O)c(Cc2ccc(N)cc2)cc1N=C1C=CC(=O)C=C1. The summed E-state index contributed by atoms with van der Waals surface area (Å²) in [5.41, 5.74) is 12.3. The van der Waals surface area contributed by atoms with E-state index in [1.165, 1.54) is 12.2 Å². The zero-order valence-corrected chi connectivity index (χ0v) is 17.2. The smallest absolute Gasteiger partial charge is 0.178 e. The highest BCUT2D eigenvalue weighted by Gasteiger charge is 2.12. The number of phenols is 1. The molecule has 0 saturated heterocycles. The zero-order chi connectivity index (χ0) is 21.8. The molecule has 0 aromatic heterocycles. The summed E-state index contributed by atoms with van der Waals surface area (Å²) in [6.07, 6.45) is 6.89. The molecule has 4 N–H and O–H groups in total. The highest BCUT2D eigenvalue weighted by molar-refractivity contribution is 6.17. The van der Waals surface area contributed by atoms with Crippen LogP contribution in [0.3, 0.4) is 0 Å². The number of nitrogens with one attached hydrogen (secondary N) is 1. The minimum Gasteiger partial charge on any atom is -0.508 e. The number of allylic oxidation sites excluding steroid dienone is 4. The van der Waals surface area contributed by atoms with Crippen molar-refractivity contribution in [2.45, 2.75) is 13.3 Å². The van der Waals surface area contributed by atoms with E-state index < -0.39 is 0 Å². The minimum atomic E-state index is -0.0630. The van der Waals surface area contributed by atoms with Gasteiger partial charge in [-0.1, -0.05) is 30.3 Å². The number of anilines is 3. The normalized spacial score (nSPS) is 12.8. The average molecular weight is 409 g/mol. The van der Waals surface area contributed by atoms with Gasteiger partial charge in [-0.05, 0) is 66.6 Å². The van der Waals surface area contributed by atoms with E-state index in [-0.39, 0.29) is 11.5 Å². The summed E-state index contributed by atoms with van der Waals surface area (Å²) in [7, 11) is 0. The van der Waals surface area contributed by atoms with Crippen molar-refractivity contribution in [2.75, 3.05) is 11.1 Å². The molecule has 0 atom stereocenters. The molecule has 0 unspecified atom stereocenters. The number of para-hydroxylation sites is 1. The fourth-order valence-electron chi connectivity index (χ4n) is 3.33. The van der Waals surface area contributed by atoms with Gasteiger partial charge in [0.15, 0.2) is 5.78 Å². The average Bonchev–Trinajstić information content (AvgIpc) is 2.76. The largest absolute Gasteiger partial charge is 0.508 e. The summed E-state index contributed by atoms with van der Waals surface area (Å²) in [4.78, 5) is 16.2. The highest BCUT2D eigenvalue weighted by Crippen LogP contribution is 2.36. The van der Waals surface area contributed by atoms with E-state index in [2.05, 4.69) is 5.32 Å². The fraction of sp³-hybridized carbons (Fsp3) is 0.0769. The first kappa shape index (κ1) is 20.2. The van der Waals surface area contributed by atoms with Crippen LogP contribution in [0.1, 0.15) is 16.7 Å². The van der Waals surface area contributed by atoms with E-state index in [4.69, 9.17) is 10.7 Å². The van der Waals surface area contributed by atoms with Crippen LogP contribution >= 0.6 is 0 Å². The number of hydrogen-bond acceptors (Lipinski definition) is 5. The molecule has 3 aromatic rings. The molecule has 0 bridgehead atoms. The molecular weight excluding hydrogens is 386 g/mol. The van der Waals surface area contributed by atoms with Crippen molar-refractivity contribution in [2.24, 2.45) is 4.99 Å². The number of hydrogen-bond donors (Lipinski definition) is 3. The molecule has 0 heterocycles. The monoisotopic (exact) mass is 409 g/mol. The van der Waals surface area contributed by atoms with Gasteiger partial charge in [0.25, 0.3) is 0 Å². The number of rotatable bonds is 5. The maximum Gasteiger partial charge on any atom is 0.178 e. The molecule has 0 fully saturated rings. The van der Waals surface area contributed by atoms with Crippen LogP contribution < -0.4 is 11.1 Å². The third kappa shape index (κ3) is 4.90. The number of nitrogens with two attached hydrogens (primary N) is 1. The van der Waals surface area contributed by atoms with Gasteiger partial charge in [-0.2, -0.15) is 0 Å². The van der Waals surface area contributed by atoms with Gasteiger partial charge in [-0.3, -0.25) is 4.79 Å². The lowest BCUT2D eigenvalue weighted by Gasteiger charge is -2.15. The van der Waals surface area contributed by atoms with Gasteiger partial charge in [-0.25, -0.2) is 4.99 Å². The Hall–Kier alpha value is -4.12. The van der Waals surface area contributed by atoms with Gasteiger partial charge >= 0.3 is 0 Å². The van der Waals surface area contributed by atoms with Gasteiger partial charge in [0.1, 0.15) is 5.75 Å². The number of benzene rings is 3. The third-order valence-corrected chi connectivity index (χ3v) is 5.07. The molecule has 1 aliphatic rings. The first-order valence-electron chi connectivity index (χ1n) is 10.00. The molecule has 4 rings (SSSR count). The van der Waals surface area contributed by atoms with E-state index in [1.54, 1.807) is 18.2 Å². The van der Waals surface area contributed by atoms with Crippen LogP contribution in [0.25, 0.3) is 0 Å². The summed E-state index contributed by atoms with van der Waals surface area (Å²) in [5.74, 6) is 0.119. The number of aryl methyl sites for hydroxylation is 1. The summed E-state index contributed by atoms with van der Waals surface area (Å²) in [6.45, 7) is 2.02. The second kappa shape index (κ2) is 8.71. The van der Waals surface area contributed by atoms with Gasteiger partial charge in [0.05, 0.1) is 17.1 Å². The van der Waals surface area contributed by atoms with Crippen LogP contribution in [0.15, 0.2) is 90.0 Å². The third-order valence-electron chi connectivity index (χ3n) is 5.07. The van der Waals surface area contributed by atoms with Gasteiger partial charge in [0.2, 0.25) is 0 Å². The van der Waals surface area contributed by atoms with Crippen molar-refractivity contribution in [3.63, 3.8) is 0 Å². The number of phenolic OH excluding ortho intramolecular Hbond substituents is 1. The molecule has 0 spiro atoms. The van der Waals surface area contributed by atoms with Crippen LogP contribution in [-0.4, -0.2) is 16.6 Å². The first-order chi connectivity index (χ1) is 15.0. The molecule has 154 valence electrons. The second-order valence-electron chi connectivity index (χ2n) is 7.46. The Kier molecular flexibility index (Phi) is 5.67. The fourth-order valence-corrected chi connectivity index (χ4v) is 3.33. The number of aromatic hydroxyl groups is 1. The van der Waals surface area contributed by atoms with Gasteiger partial charge < -0.3 is 16.2 Å². The van der Waals surface area contributed by atoms with Crippen LogP contribution in [0.2, 0.25) is 0 Å². The number of carbonyl (C=O) groups is 1. The molecule has 5 heteroatoms. The molecule has 0 radical (unpaired) electrons. The van der Waals surface area contributed by atoms with Crippen molar-refractivity contribution in [1.29, 1.82) is 0 Å². The van der Waals surface area contributed by atoms with E-state index in [9.17, 15) is 9.90 Å². The maximum absolute atomic E-state index is 11.4. The van der Waals surface area contributed by atoms with Crippen LogP contribution in [0, 0.1) is 6.92 Å². The van der Waals surface area contributed by atoms with Crippen molar-refractivity contribution in [3.8, 4) is 5.75 Å². The van der Waals surface area contributed by atoms with E-state index in [1.807, 2.05) is 61.5 Å². The predicted molar refractivity (Wildman–Crippen MR) is 127 cm³/mol. The molecule has 5 nitrogen and oxygen atoms in total. The zero-order valence-electron chi connectivity index (χ0n) is 17.2. The molecule has 31 heavy (non-hydrogen) atoms. The molecule has 0 aliphatic heterocycles. The van der Waals surface area contributed by atoms with E-state index >= 15 is 0 Å². The predicted octanol–water partition coefficient (Wildman–Crippen LogP) is 5.38. The van der Waals surface area contributed by atoms with E-state index in [0.29, 0.717) is 29.2 Å². The Balaban J connectivity index is 1.75. The number of aliphatic imine (C=N–C) groups is 1. The summed E-state index contributed by atoms with van der Waals surface area (Å²) >= 11 is 0. The molecule has 0 saturated carbocycles. The number of nitrogens with zero attached hydrogens (tertiary/aromatic N) is 1. The molecule has 0 amide bonds. The van der Waals surface area contributed by atoms with Crippen molar-refractivity contribution in [1.82, 2.24) is 0 Å². The summed E-state index contributed by atoms with van der Waals surface area (Å²) in [6, 6.07) is 19.1. The van der Waals surface area contributed by atoms with Gasteiger partial charge in [0, 0.05) is 29.4 Å². The summed E-state index contributed by atoms with van der Waals surface area (Å²) < 4.78 is 0. The number of carbonyl (C=O) groups excluding carboxylic acids is 1. The maximum atomic E-state index is 11.4. The molecular formula is C26H23N3O2. The second-order valence-corrected chi connectivity index (χ2v) is 7.46. The standard InChI is InChI=1S/C26H23N3O2/c1-17-4-2-3-5-23(17)29-25-16-26(31)19(14-18-6-8-20(27)9-7-18)15-24(25)28-21-10-12-22(30)13-11-21/h2-13,15-16,29,31H,14,27H2,1H3. The van der Waals surface area contributed by atoms with Crippen molar-refractivity contribution in [3.05, 3.63) is 102 Å². The Bertz CT molecular complexity index is 1200. The summed E-state index contributed by atoms with van der Waals surface area (Å²) in [5, 5.41) is 14.1. The van der Waals surface area contributed by atoms with Crippen LogP contribution in [0.4, 0.5) is 22.7 Å². The van der Waals surface area contributed by atoms with E-state index in [0.717, 1.165) is 22.4 Å². The van der Waals surface area contributed by atoms with Crippen LogP contribution in [0.5, 0.6) is 5.75 Å². The van der Waals surface area contributed by atoms with Crippen LogP contribution in [-0.2, 0) is 11.2 Å². The Labute approximate surface area is 181 Å². The quantitative estimate of drug-likeness (QED) is 0.390. The number of nitrogen functional groups attached to an aromatic ring is 1. The van der Waals surface area contributed by atoms with Crippen molar-refractivity contribution >= 4 is 34.2 Å². The first-order valence-corrected chi connectivity index (χ1v) is 10.00. The van der Waals surface area contributed by atoms with Crippen molar-refractivity contribution < 1.29 is 9.90 Å². The molecule has 1 aliphatic carbocycles. The lowest BCUT2D eigenvalue weighted by atomic mass is 10.0. The Morgan fingerprint density at radius 2 is 1.65 bits per heavy atom. The Morgan fingerprint density at radius 3 is 2.35 bits per heavy atom.